The Kier molecular flexibility index (Phi) is 3.27. The van der Waals surface area contributed by atoms with Crippen LogP contribution in [0.5, 0.6) is 5.75 Å². The molecule has 3 N–H and O–H groups in total. The minimum Gasteiger partial charge on any atom is -0.508 e. The molecule has 18 heavy (non-hydrogen) atoms. The van der Waals surface area contributed by atoms with Gasteiger partial charge in [-0.05, 0) is 13.0 Å². The zero-order valence-corrected chi connectivity index (χ0v) is 10.00. The highest BCUT2D eigenvalue weighted by Gasteiger charge is 2.12. The summed E-state index contributed by atoms with van der Waals surface area (Å²) in [5.41, 5.74) is 7.21. The van der Waals surface area contributed by atoms with E-state index in [-0.39, 0.29) is 12.2 Å². The molecule has 2 aromatic rings. The van der Waals surface area contributed by atoms with E-state index < -0.39 is 5.91 Å². The summed E-state index contributed by atoms with van der Waals surface area (Å²) >= 11 is 0. The van der Waals surface area contributed by atoms with Gasteiger partial charge in [0.1, 0.15) is 5.75 Å². The summed E-state index contributed by atoms with van der Waals surface area (Å²) in [5, 5.41) is 17.5. The minimum absolute atomic E-state index is 0.0760. The molecule has 6 heteroatoms. The van der Waals surface area contributed by atoms with Crippen molar-refractivity contribution in [3.63, 3.8) is 0 Å². The second-order valence-electron chi connectivity index (χ2n) is 4.05. The average Bonchev–Trinajstić information content (AvgIpc) is 2.64. The first-order chi connectivity index (χ1) is 8.58. The molecule has 0 aliphatic carbocycles. The number of carbonyl (C=O) groups excluding carboxylic acids is 1. The van der Waals surface area contributed by atoms with E-state index in [0.717, 1.165) is 11.3 Å². The maximum absolute atomic E-state index is 10.8. The number of amides is 1. The number of rotatable bonds is 4. The van der Waals surface area contributed by atoms with Gasteiger partial charge in [-0.15, -0.1) is 5.10 Å². The van der Waals surface area contributed by atoms with E-state index in [1.807, 2.05) is 19.1 Å². The van der Waals surface area contributed by atoms with E-state index >= 15 is 0 Å². The topological polar surface area (TPSA) is 94.0 Å². The quantitative estimate of drug-likeness (QED) is 0.814. The number of para-hydroxylation sites is 1. The SMILES string of the molecule is Cc1c(CC(N)=O)nnn1Cc1ccccc1O. The Hall–Kier alpha value is -2.37. The highest BCUT2D eigenvalue weighted by molar-refractivity contribution is 5.76. The largest absolute Gasteiger partial charge is 0.508 e. The Morgan fingerprint density at radius 1 is 1.44 bits per heavy atom. The van der Waals surface area contributed by atoms with Gasteiger partial charge >= 0.3 is 0 Å². The molecule has 1 aromatic heterocycles. The van der Waals surface area contributed by atoms with E-state index in [1.165, 1.54) is 0 Å². The summed E-state index contributed by atoms with van der Waals surface area (Å²) in [4.78, 5) is 10.8. The van der Waals surface area contributed by atoms with Crippen molar-refractivity contribution in [1.29, 1.82) is 0 Å². The summed E-state index contributed by atoms with van der Waals surface area (Å²) in [6, 6.07) is 7.02. The first-order valence-corrected chi connectivity index (χ1v) is 5.52. The fourth-order valence-corrected chi connectivity index (χ4v) is 1.68. The number of nitrogens with two attached hydrogens (primary N) is 1. The normalized spacial score (nSPS) is 10.5. The van der Waals surface area contributed by atoms with Gasteiger partial charge in [0.25, 0.3) is 0 Å². The number of aromatic nitrogens is 3. The van der Waals surface area contributed by atoms with Gasteiger partial charge in [-0.2, -0.15) is 0 Å². The third-order valence-corrected chi connectivity index (χ3v) is 2.73. The third kappa shape index (κ3) is 2.48. The van der Waals surface area contributed by atoms with Crippen LogP contribution in [0.15, 0.2) is 24.3 Å². The fourth-order valence-electron chi connectivity index (χ4n) is 1.68. The predicted octanol–water partition coefficient (Wildman–Crippen LogP) is 0.368. The minimum atomic E-state index is -0.437. The summed E-state index contributed by atoms with van der Waals surface area (Å²) in [5.74, 6) is -0.225. The predicted molar refractivity (Wildman–Crippen MR) is 64.9 cm³/mol. The fraction of sp³-hybridized carbons (Fsp3) is 0.250. The molecule has 0 saturated carbocycles. The summed E-state index contributed by atoms with van der Waals surface area (Å²) in [6.07, 6.45) is 0.0760. The van der Waals surface area contributed by atoms with Crippen molar-refractivity contribution < 1.29 is 9.90 Å². The lowest BCUT2D eigenvalue weighted by molar-refractivity contribution is -0.117. The van der Waals surface area contributed by atoms with Crippen molar-refractivity contribution in [3.8, 4) is 5.75 Å². The maximum atomic E-state index is 10.8. The van der Waals surface area contributed by atoms with Crippen LogP contribution in [0.1, 0.15) is 17.0 Å². The summed E-state index contributed by atoms with van der Waals surface area (Å²) < 4.78 is 1.63. The van der Waals surface area contributed by atoms with Crippen LogP contribution in [0.3, 0.4) is 0 Å². The average molecular weight is 246 g/mol. The van der Waals surface area contributed by atoms with Gasteiger partial charge in [-0.25, -0.2) is 4.68 Å². The van der Waals surface area contributed by atoms with Crippen LogP contribution < -0.4 is 5.73 Å². The molecule has 0 atom stereocenters. The van der Waals surface area contributed by atoms with Crippen molar-refractivity contribution in [3.05, 3.63) is 41.2 Å². The van der Waals surface area contributed by atoms with Crippen molar-refractivity contribution in [1.82, 2.24) is 15.0 Å². The molecular formula is C12H14N4O2. The number of carbonyl (C=O) groups is 1. The Bertz CT molecular complexity index is 577. The van der Waals surface area contributed by atoms with Crippen LogP contribution in [-0.2, 0) is 17.8 Å². The number of benzene rings is 1. The lowest BCUT2D eigenvalue weighted by Gasteiger charge is -2.05. The third-order valence-electron chi connectivity index (χ3n) is 2.73. The Morgan fingerprint density at radius 3 is 2.83 bits per heavy atom. The van der Waals surface area contributed by atoms with Crippen LogP contribution in [-0.4, -0.2) is 26.0 Å². The van der Waals surface area contributed by atoms with Gasteiger partial charge in [0.2, 0.25) is 5.91 Å². The molecule has 1 amide bonds. The van der Waals surface area contributed by atoms with Crippen LogP contribution in [0.25, 0.3) is 0 Å². The number of aromatic hydroxyl groups is 1. The van der Waals surface area contributed by atoms with E-state index in [4.69, 9.17) is 5.73 Å². The molecule has 0 aliphatic heterocycles. The lowest BCUT2D eigenvalue weighted by atomic mass is 10.2. The second kappa shape index (κ2) is 4.87. The molecule has 94 valence electrons. The van der Waals surface area contributed by atoms with Crippen LogP contribution in [0, 0.1) is 6.92 Å². The highest BCUT2D eigenvalue weighted by atomic mass is 16.3. The van der Waals surface area contributed by atoms with Crippen molar-refractivity contribution in [2.45, 2.75) is 19.9 Å². The number of phenols is 1. The Balaban J connectivity index is 2.23. The van der Waals surface area contributed by atoms with Gasteiger partial charge < -0.3 is 10.8 Å². The van der Waals surface area contributed by atoms with Crippen LogP contribution >= 0.6 is 0 Å². The summed E-state index contributed by atoms with van der Waals surface area (Å²) in [6.45, 7) is 2.22. The van der Waals surface area contributed by atoms with Crippen molar-refractivity contribution >= 4 is 5.91 Å². The van der Waals surface area contributed by atoms with Gasteiger partial charge in [-0.1, -0.05) is 23.4 Å². The summed E-state index contributed by atoms with van der Waals surface area (Å²) in [7, 11) is 0. The molecule has 0 fully saturated rings. The number of primary amides is 1. The van der Waals surface area contributed by atoms with E-state index in [2.05, 4.69) is 10.3 Å². The molecule has 0 unspecified atom stereocenters. The Morgan fingerprint density at radius 2 is 2.17 bits per heavy atom. The molecular weight excluding hydrogens is 232 g/mol. The first-order valence-electron chi connectivity index (χ1n) is 5.52. The van der Waals surface area contributed by atoms with Gasteiger partial charge in [0, 0.05) is 5.56 Å². The zero-order valence-electron chi connectivity index (χ0n) is 10.00. The molecule has 1 aromatic carbocycles. The van der Waals surface area contributed by atoms with Gasteiger partial charge in [-0.3, -0.25) is 4.79 Å². The molecule has 6 nitrogen and oxygen atoms in total. The van der Waals surface area contributed by atoms with E-state index in [1.54, 1.807) is 16.8 Å². The zero-order chi connectivity index (χ0) is 13.1. The molecule has 2 rings (SSSR count). The second-order valence-corrected chi connectivity index (χ2v) is 4.05. The lowest BCUT2D eigenvalue weighted by Crippen LogP contribution is -2.15. The number of phenolic OH excluding ortho intramolecular Hbond substituents is 1. The van der Waals surface area contributed by atoms with Gasteiger partial charge in [0.15, 0.2) is 0 Å². The highest BCUT2D eigenvalue weighted by Crippen LogP contribution is 2.17. The number of hydrogen-bond acceptors (Lipinski definition) is 4. The molecule has 0 bridgehead atoms. The monoisotopic (exact) mass is 246 g/mol. The van der Waals surface area contributed by atoms with E-state index in [9.17, 15) is 9.90 Å². The maximum Gasteiger partial charge on any atom is 0.223 e. The van der Waals surface area contributed by atoms with Crippen molar-refractivity contribution in [2.75, 3.05) is 0 Å². The molecule has 1 heterocycles. The first kappa shape index (κ1) is 12.1. The molecule has 0 radical (unpaired) electrons. The molecule has 0 spiro atoms. The molecule has 0 aliphatic rings. The standard InChI is InChI=1S/C12H14N4O2/c1-8-10(6-12(13)18)14-15-16(8)7-9-4-2-3-5-11(9)17/h2-5,17H,6-7H2,1H3,(H2,13,18). The molecule has 0 saturated heterocycles. The number of hydrogen-bond donors (Lipinski definition) is 2. The van der Waals surface area contributed by atoms with Crippen LogP contribution in [0.4, 0.5) is 0 Å². The van der Waals surface area contributed by atoms with Crippen molar-refractivity contribution in [2.24, 2.45) is 5.73 Å². The Labute approximate surface area is 104 Å². The van der Waals surface area contributed by atoms with Crippen LogP contribution in [0.2, 0.25) is 0 Å². The number of nitrogens with zero attached hydrogens (tertiary/aromatic N) is 3. The van der Waals surface area contributed by atoms with E-state index in [0.29, 0.717) is 12.2 Å². The van der Waals surface area contributed by atoms with Gasteiger partial charge in [0.05, 0.1) is 24.4 Å². The smallest absolute Gasteiger partial charge is 0.223 e.